The Morgan fingerprint density at radius 1 is 1.32 bits per heavy atom. The van der Waals surface area contributed by atoms with Crippen LogP contribution in [0.25, 0.3) is 0 Å². The van der Waals surface area contributed by atoms with E-state index in [4.69, 9.17) is 22.1 Å². The molecule has 0 aliphatic carbocycles. The van der Waals surface area contributed by atoms with Crippen molar-refractivity contribution in [2.24, 2.45) is 5.73 Å². The van der Waals surface area contributed by atoms with E-state index in [0.29, 0.717) is 11.4 Å². The molecule has 0 fully saturated rings. The van der Waals surface area contributed by atoms with Gasteiger partial charge in [0.25, 0.3) is 0 Å². The Kier molecular flexibility index (Phi) is 4.40. The first-order valence-corrected chi connectivity index (χ1v) is 6.48. The highest BCUT2D eigenvalue weighted by Gasteiger charge is 2.11. The summed E-state index contributed by atoms with van der Waals surface area (Å²) in [6.07, 6.45) is 2.45. The molecule has 19 heavy (non-hydrogen) atoms. The van der Waals surface area contributed by atoms with Crippen LogP contribution in [0.15, 0.2) is 36.5 Å². The number of rotatable bonds is 4. The van der Waals surface area contributed by atoms with Gasteiger partial charge in [-0.1, -0.05) is 11.6 Å². The van der Waals surface area contributed by atoms with E-state index in [-0.39, 0.29) is 6.04 Å². The number of nitrogens with two attached hydrogens (primary N) is 1. The second-order valence-corrected chi connectivity index (χ2v) is 4.93. The van der Waals surface area contributed by atoms with Crippen LogP contribution < -0.4 is 10.5 Å². The van der Waals surface area contributed by atoms with Gasteiger partial charge in [0.2, 0.25) is 0 Å². The number of hydrogen-bond donors (Lipinski definition) is 1. The summed E-state index contributed by atoms with van der Waals surface area (Å²) in [5.41, 5.74) is 9.28. The third kappa shape index (κ3) is 3.46. The molecule has 1 heterocycles. The highest BCUT2D eigenvalue weighted by Crippen LogP contribution is 2.26. The molecule has 2 aromatic rings. The molecule has 1 aromatic carbocycles. The molecule has 0 saturated carbocycles. The summed E-state index contributed by atoms with van der Waals surface area (Å²) < 4.78 is 5.33. The highest BCUT2D eigenvalue weighted by molar-refractivity contribution is 6.30. The molecule has 0 spiro atoms. The molecule has 100 valence electrons. The molecular weight excluding hydrogens is 260 g/mol. The Labute approximate surface area is 118 Å². The van der Waals surface area contributed by atoms with Crippen molar-refractivity contribution in [3.63, 3.8) is 0 Å². The number of aryl methyl sites for hydroxylation is 1. The zero-order chi connectivity index (χ0) is 13.8. The average molecular weight is 277 g/mol. The second-order valence-electron chi connectivity index (χ2n) is 4.50. The fourth-order valence-corrected chi connectivity index (χ4v) is 2.25. The van der Waals surface area contributed by atoms with Gasteiger partial charge in [-0.15, -0.1) is 0 Å². The third-order valence-electron chi connectivity index (χ3n) is 3.03. The predicted octanol–water partition coefficient (Wildman–Crippen LogP) is 3.29. The number of aromatic nitrogens is 1. The number of nitrogens with zero attached hydrogens (tertiary/aromatic N) is 1. The average Bonchev–Trinajstić information content (AvgIpc) is 2.39. The molecule has 1 atom stereocenters. The predicted molar refractivity (Wildman–Crippen MR) is 77.6 cm³/mol. The van der Waals surface area contributed by atoms with Gasteiger partial charge in [-0.2, -0.15) is 0 Å². The number of methoxy groups -OCH3 is 1. The second kappa shape index (κ2) is 6.04. The monoisotopic (exact) mass is 276 g/mol. The number of ether oxygens (including phenoxy) is 1. The molecule has 0 saturated heterocycles. The molecule has 1 aromatic heterocycles. The number of pyridine rings is 1. The summed E-state index contributed by atoms with van der Waals surface area (Å²) in [5.74, 6) is 0.811. The van der Waals surface area contributed by atoms with Crippen LogP contribution in [0, 0.1) is 6.92 Å². The summed E-state index contributed by atoms with van der Waals surface area (Å²) in [7, 11) is 1.65. The summed E-state index contributed by atoms with van der Waals surface area (Å²) in [6, 6.07) is 9.41. The maximum absolute atomic E-state index is 6.24. The van der Waals surface area contributed by atoms with Crippen molar-refractivity contribution in [2.45, 2.75) is 19.4 Å². The quantitative estimate of drug-likeness (QED) is 0.932. The van der Waals surface area contributed by atoms with Crippen molar-refractivity contribution in [3.8, 4) is 5.75 Å². The van der Waals surface area contributed by atoms with Gasteiger partial charge in [-0.05, 0) is 54.8 Å². The van der Waals surface area contributed by atoms with Gasteiger partial charge in [-0.25, -0.2) is 0 Å². The molecule has 1 unspecified atom stereocenters. The minimum Gasteiger partial charge on any atom is -0.496 e. The minimum atomic E-state index is -0.103. The van der Waals surface area contributed by atoms with E-state index >= 15 is 0 Å². The SMILES string of the molecule is COc1ccc(Cl)cc1CC(N)c1ccnc(C)c1. The van der Waals surface area contributed by atoms with E-state index in [9.17, 15) is 0 Å². The van der Waals surface area contributed by atoms with Gasteiger partial charge in [0, 0.05) is 23.0 Å². The van der Waals surface area contributed by atoms with Crippen molar-refractivity contribution in [2.75, 3.05) is 7.11 Å². The fraction of sp³-hybridized carbons (Fsp3) is 0.267. The normalized spacial score (nSPS) is 12.2. The summed E-state index contributed by atoms with van der Waals surface area (Å²) in [6.45, 7) is 1.95. The van der Waals surface area contributed by atoms with Crippen molar-refractivity contribution < 1.29 is 4.74 Å². The summed E-state index contributed by atoms with van der Waals surface area (Å²) in [5, 5.41) is 0.689. The molecule has 2 N–H and O–H groups in total. The van der Waals surface area contributed by atoms with E-state index in [1.165, 1.54) is 0 Å². The molecule has 2 rings (SSSR count). The molecule has 4 heteroatoms. The van der Waals surface area contributed by atoms with Crippen molar-refractivity contribution >= 4 is 11.6 Å². The summed E-state index contributed by atoms with van der Waals surface area (Å²) >= 11 is 6.02. The first-order chi connectivity index (χ1) is 9.10. The lowest BCUT2D eigenvalue weighted by Gasteiger charge is -2.15. The first kappa shape index (κ1) is 13.8. The van der Waals surface area contributed by atoms with Gasteiger partial charge >= 0.3 is 0 Å². The Hall–Kier alpha value is -1.58. The topological polar surface area (TPSA) is 48.1 Å². The van der Waals surface area contributed by atoms with Crippen LogP contribution in [0.1, 0.15) is 22.9 Å². The maximum Gasteiger partial charge on any atom is 0.122 e. The van der Waals surface area contributed by atoms with E-state index in [1.807, 2.05) is 37.3 Å². The van der Waals surface area contributed by atoms with Gasteiger partial charge < -0.3 is 10.5 Å². The molecule has 0 amide bonds. The number of hydrogen-bond acceptors (Lipinski definition) is 3. The standard InChI is InChI=1S/C15H17ClN2O/c1-10-7-11(5-6-18-10)14(17)9-12-8-13(16)3-4-15(12)19-2/h3-8,14H,9,17H2,1-2H3. The van der Waals surface area contributed by atoms with Crippen LogP contribution in [0.4, 0.5) is 0 Å². The summed E-state index contributed by atoms with van der Waals surface area (Å²) in [4.78, 5) is 4.18. The number of benzene rings is 1. The Bertz CT molecular complexity index is 572. The van der Waals surface area contributed by atoms with Gasteiger partial charge in [-0.3, -0.25) is 4.98 Å². The fourth-order valence-electron chi connectivity index (χ4n) is 2.06. The van der Waals surface area contributed by atoms with Crippen LogP contribution in [0.2, 0.25) is 5.02 Å². The Balaban J connectivity index is 2.23. The van der Waals surface area contributed by atoms with Crippen LogP contribution in [0.5, 0.6) is 5.75 Å². The van der Waals surface area contributed by atoms with Crippen molar-refractivity contribution in [1.29, 1.82) is 0 Å². The molecule has 0 radical (unpaired) electrons. The van der Waals surface area contributed by atoms with Gasteiger partial charge in [0.15, 0.2) is 0 Å². The Morgan fingerprint density at radius 2 is 2.11 bits per heavy atom. The zero-order valence-corrected chi connectivity index (χ0v) is 11.8. The lowest BCUT2D eigenvalue weighted by Crippen LogP contribution is -2.14. The minimum absolute atomic E-state index is 0.103. The van der Waals surface area contributed by atoms with E-state index in [2.05, 4.69) is 4.98 Å². The highest BCUT2D eigenvalue weighted by atomic mass is 35.5. The van der Waals surface area contributed by atoms with Gasteiger partial charge in [0.1, 0.15) is 5.75 Å². The number of halogens is 1. The van der Waals surface area contributed by atoms with E-state index < -0.39 is 0 Å². The van der Waals surface area contributed by atoms with Crippen LogP contribution >= 0.6 is 11.6 Å². The zero-order valence-electron chi connectivity index (χ0n) is 11.1. The third-order valence-corrected chi connectivity index (χ3v) is 3.27. The van der Waals surface area contributed by atoms with E-state index in [0.717, 1.165) is 22.6 Å². The molecule has 0 aliphatic rings. The molecular formula is C15H17ClN2O. The first-order valence-electron chi connectivity index (χ1n) is 6.10. The lowest BCUT2D eigenvalue weighted by atomic mass is 9.99. The van der Waals surface area contributed by atoms with E-state index in [1.54, 1.807) is 13.3 Å². The lowest BCUT2D eigenvalue weighted by molar-refractivity contribution is 0.408. The van der Waals surface area contributed by atoms with Crippen molar-refractivity contribution in [3.05, 3.63) is 58.4 Å². The molecule has 0 aliphatic heterocycles. The van der Waals surface area contributed by atoms with Gasteiger partial charge in [0.05, 0.1) is 7.11 Å². The maximum atomic E-state index is 6.24. The molecule has 3 nitrogen and oxygen atoms in total. The van der Waals surface area contributed by atoms with Crippen LogP contribution in [-0.4, -0.2) is 12.1 Å². The smallest absolute Gasteiger partial charge is 0.122 e. The largest absolute Gasteiger partial charge is 0.496 e. The van der Waals surface area contributed by atoms with Crippen molar-refractivity contribution in [1.82, 2.24) is 4.98 Å². The molecule has 0 bridgehead atoms. The Morgan fingerprint density at radius 3 is 2.79 bits per heavy atom. The van der Waals surface area contributed by atoms with Crippen LogP contribution in [-0.2, 0) is 6.42 Å². The van der Waals surface area contributed by atoms with Crippen LogP contribution in [0.3, 0.4) is 0 Å².